The van der Waals surface area contributed by atoms with Crippen LogP contribution < -0.4 is 4.74 Å². The van der Waals surface area contributed by atoms with Gasteiger partial charge < -0.3 is 4.74 Å². The summed E-state index contributed by atoms with van der Waals surface area (Å²) in [6, 6.07) is 22.1. The van der Waals surface area contributed by atoms with Crippen LogP contribution in [0.15, 0.2) is 76.9 Å². The molecule has 3 aromatic carbocycles. The Balaban J connectivity index is 1.58. The molecule has 1 amide bonds. The molecule has 5 nitrogen and oxygen atoms in total. The number of thioether (sulfide) groups is 1. The maximum atomic E-state index is 13.0. The zero-order valence-electron chi connectivity index (χ0n) is 17.7. The van der Waals surface area contributed by atoms with Gasteiger partial charge in [-0.15, -0.1) is 5.10 Å². The molecule has 1 aliphatic heterocycles. The fourth-order valence-corrected chi connectivity index (χ4v) is 4.81. The number of nitrogens with zero attached hydrogens (tertiary/aromatic N) is 3. The first kappa shape index (κ1) is 21.1. The lowest BCUT2D eigenvalue weighted by atomic mass is 10.1. The van der Waals surface area contributed by atoms with E-state index in [1.54, 1.807) is 18.2 Å². The first-order chi connectivity index (χ1) is 15.2. The number of hydrogen-bond donors (Lipinski definition) is 0. The highest BCUT2D eigenvalue weighted by atomic mass is 32.2. The van der Waals surface area contributed by atoms with E-state index in [1.165, 1.54) is 11.8 Å². The van der Waals surface area contributed by atoms with Crippen LogP contribution in [0.2, 0.25) is 0 Å². The van der Waals surface area contributed by atoms with E-state index in [1.807, 2.05) is 48.5 Å². The van der Waals surface area contributed by atoms with Crippen molar-refractivity contribution in [1.29, 1.82) is 0 Å². The summed E-state index contributed by atoms with van der Waals surface area (Å²) in [7, 11) is 1.64. The highest BCUT2D eigenvalue weighted by Gasteiger charge is 2.37. The van der Waals surface area contributed by atoms with E-state index in [0.717, 1.165) is 40.5 Å². The second-order valence-corrected chi connectivity index (χ2v) is 8.53. The minimum absolute atomic E-state index is 0.0989. The maximum absolute atomic E-state index is 13.0. The lowest BCUT2D eigenvalue weighted by Crippen LogP contribution is -2.31. The quantitative estimate of drug-likeness (QED) is 0.368. The van der Waals surface area contributed by atoms with E-state index >= 15 is 0 Å². The monoisotopic (exact) mass is 431 g/mol. The number of hydrogen-bond acceptors (Lipinski definition) is 5. The summed E-state index contributed by atoms with van der Waals surface area (Å²) in [5.74, 6) is 0.894. The van der Waals surface area contributed by atoms with Gasteiger partial charge in [0.15, 0.2) is 5.17 Å². The predicted molar refractivity (Wildman–Crippen MR) is 129 cm³/mol. The average Bonchev–Trinajstić information content (AvgIpc) is 3.09. The molecule has 0 bridgehead atoms. The molecule has 0 radical (unpaired) electrons. The Morgan fingerprint density at radius 3 is 2.61 bits per heavy atom. The first-order valence-corrected chi connectivity index (χ1v) is 11.3. The fraction of sp³-hybridized carbons (Fsp3) is 0.240. The number of methoxy groups -OCH3 is 1. The van der Waals surface area contributed by atoms with Crippen molar-refractivity contribution in [3.05, 3.63) is 77.9 Å². The van der Waals surface area contributed by atoms with Crippen LogP contribution in [-0.4, -0.2) is 34.5 Å². The van der Waals surface area contributed by atoms with Gasteiger partial charge in [0.25, 0.3) is 0 Å². The van der Waals surface area contributed by atoms with Gasteiger partial charge in [-0.05, 0) is 34.9 Å². The van der Waals surface area contributed by atoms with Crippen molar-refractivity contribution in [3.63, 3.8) is 0 Å². The summed E-state index contributed by atoms with van der Waals surface area (Å²) < 4.78 is 5.23. The molecule has 0 aromatic heterocycles. The Bertz CT molecular complexity index is 1120. The minimum Gasteiger partial charge on any atom is -0.497 e. The van der Waals surface area contributed by atoms with Gasteiger partial charge in [0.1, 0.15) is 5.75 Å². The fourth-order valence-electron chi connectivity index (χ4n) is 3.59. The predicted octanol–water partition coefficient (Wildman–Crippen LogP) is 5.48. The van der Waals surface area contributed by atoms with E-state index in [-0.39, 0.29) is 11.2 Å². The van der Waals surface area contributed by atoms with Crippen molar-refractivity contribution < 1.29 is 9.53 Å². The van der Waals surface area contributed by atoms with Crippen molar-refractivity contribution in [2.45, 2.75) is 31.6 Å². The third-order valence-corrected chi connectivity index (χ3v) is 6.47. The third kappa shape index (κ3) is 4.80. The highest BCUT2D eigenvalue weighted by molar-refractivity contribution is 8.15. The van der Waals surface area contributed by atoms with Crippen molar-refractivity contribution in [1.82, 2.24) is 4.90 Å². The molecule has 3 aromatic rings. The average molecular weight is 432 g/mol. The van der Waals surface area contributed by atoms with Gasteiger partial charge in [-0.3, -0.25) is 9.69 Å². The van der Waals surface area contributed by atoms with Crippen LogP contribution in [-0.2, 0) is 11.3 Å². The topological polar surface area (TPSA) is 54.3 Å². The molecule has 0 N–H and O–H groups in total. The number of rotatable bonds is 7. The van der Waals surface area contributed by atoms with Gasteiger partial charge in [-0.25, -0.2) is 0 Å². The summed E-state index contributed by atoms with van der Waals surface area (Å²) in [6.07, 6.45) is 3.54. The van der Waals surface area contributed by atoms with Crippen LogP contribution in [0.3, 0.4) is 0 Å². The third-order valence-electron chi connectivity index (χ3n) is 5.23. The Hall–Kier alpha value is -3.12. The molecular formula is C25H25N3O2S. The van der Waals surface area contributed by atoms with E-state index in [0.29, 0.717) is 11.7 Å². The minimum atomic E-state index is -0.102. The van der Waals surface area contributed by atoms with Crippen LogP contribution in [0.4, 0.5) is 0 Å². The van der Waals surface area contributed by atoms with E-state index in [4.69, 9.17) is 4.74 Å². The molecule has 31 heavy (non-hydrogen) atoms. The summed E-state index contributed by atoms with van der Waals surface area (Å²) in [6.45, 7) is 2.56. The molecule has 158 valence electrons. The van der Waals surface area contributed by atoms with Gasteiger partial charge in [-0.2, -0.15) is 5.10 Å². The first-order valence-electron chi connectivity index (χ1n) is 10.4. The van der Waals surface area contributed by atoms with Crippen molar-refractivity contribution in [2.75, 3.05) is 7.11 Å². The molecular weight excluding hydrogens is 406 g/mol. The molecule has 0 spiro atoms. The molecule has 1 heterocycles. The Morgan fingerprint density at radius 1 is 1.06 bits per heavy atom. The summed E-state index contributed by atoms with van der Waals surface area (Å²) in [5.41, 5.74) is 2.03. The highest BCUT2D eigenvalue weighted by Crippen LogP contribution is 2.32. The van der Waals surface area contributed by atoms with E-state index in [9.17, 15) is 4.79 Å². The van der Waals surface area contributed by atoms with E-state index in [2.05, 4.69) is 35.3 Å². The number of fused-ring (bicyclic) bond motifs is 1. The smallest absolute Gasteiger partial charge is 0.242 e. The summed E-state index contributed by atoms with van der Waals surface area (Å²) >= 11 is 1.51. The lowest BCUT2D eigenvalue weighted by Gasteiger charge is -2.16. The Kier molecular flexibility index (Phi) is 6.67. The molecule has 1 unspecified atom stereocenters. The SMILES string of the molecule is CCCC1S/C(=N/N=C/c2cccc3ccccc23)N(Cc2ccc(OC)cc2)C1=O. The molecule has 0 saturated carbocycles. The van der Waals surface area contributed by atoms with Crippen LogP contribution in [0.25, 0.3) is 10.8 Å². The molecule has 4 rings (SSSR count). The van der Waals surface area contributed by atoms with Crippen LogP contribution in [0.5, 0.6) is 5.75 Å². The summed E-state index contributed by atoms with van der Waals surface area (Å²) in [4.78, 5) is 14.7. The van der Waals surface area contributed by atoms with Gasteiger partial charge >= 0.3 is 0 Å². The van der Waals surface area contributed by atoms with E-state index < -0.39 is 0 Å². The van der Waals surface area contributed by atoms with Crippen molar-refractivity contribution in [3.8, 4) is 5.75 Å². The molecule has 1 saturated heterocycles. The molecule has 1 atom stereocenters. The zero-order valence-corrected chi connectivity index (χ0v) is 18.5. The number of ether oxygens (including phenoxy) is 1. The summed E-state index contributed by atoms with van der Waals surface area (Å²) in [5, 5.41) is 11.6. The van der Waals surface area contributed by atoms with Crippen LogP contribution in [0, 0.1) is 0 Å². The van der Waals surface area contributed by atoms with Gasteiger partial charge in [-0.1, -0.05) is 79.7 Å². The number of carbonyl (C=O) groups excluding carboxylic acids is 1. The molecule has 1 fully saturated rings. The maximum Gasteiger partial charge on any atom is 0.242 e. The van der Waals surface area contributed by atoms with Gasteiger partial charge in [0, 0.05) is 5.56 Å². The van der Waals surface area contributed by atoms with Crippen molar-refractivity contribution >= 4 is 39.8 Å². The van der Waals surface area contributed by atoms with Crippen molar-refractivity contribution in [2.24, 2.45) is 10.2 Å². The van der Waals surface area contributed by atoms with Crippen LogP contribution in [0.1, 0.15) is 30.9 Å². The molecule has 1 aliphatic rings. The second kappa shape index (κ2) is 9.79. The normalized spacial score (nSPS) is 17.9. The van der Waals surface area contributed by atoms with Crippen LogP contribution >= 0.6 is 11.8 Å². The number of amidine groups is 1. The lowest BCUT2D eigenvalue weighted by molar-refractivity contribution is -0.126. The number of benzene rings is 3. The second-order valence-electron chi connectivity index (χ2n) is 7.36. The van der Waals surface area contributed by atoms with Gasteiger partial charge in [0.05, 0.1) is 25.1 Å². The zero-order chi connectivity index (χ0) is 21.6. The Labute approximate surface area is 186 Å². The molecule has 6 heteroatoms. The largest absolute Gasteiger partial charge is 0.497 e. The Morgan fingerprint density at radius 2 is 1.84 bits per heavy atom. The number of amides is 1. The number of carbonyl (C=O) groups is 1. The van der Waals surface area contributed by atoms with Gasteiger partial charge in [0.2, 0.25) is 5.91 Å². The molecule has 0 aliphatic carbocycles. The standard InChI is InChI=1S/C25H25N3O2S/c1-3-7-23-24(29)28(17-18-12-14-21(30-2)15-13-18)25(31-23)27-26-16-20-10-6-9-19-8-4-5-11-22(19)20/h4-6,8-16,23H,3,7,17H2,1-2H3/b26-16+,27-25+.